The van der Waals surface area contributed by atoms with Crippen molar-refractivity contribution in [1.82, 2.24) is 10.1 Å². The van der Waals surface area contributed by atoms with Crippen molar-refractivity contribution < 1.29 is 13.7 Å². The van der Waals surface area contributed by atoms with Crippen LogP contribution in [-0.2, 0) is 4.79 Å². The minimum absolute atomic E-state index is 0.0657. The maximum atomic E-state index is 12.3. The Balaban J connectivity index is 1.55. The van der Waals surface area contributed by atoms with Gasteiger partial charge in [0.2, 0.25) is 5.91 Å². The molecule has 0 N–H and O–H groups in total. The Bertz CT molecular complexity index is 885. The summed E-state index contributed by atoms with van der Waals surface area (Å²) in [5.41, 5.74) is 2.06. The normalized spacial score (nSPS) is 17.7. The van der Waals surface area contributed by atoms with Crippen molar-refractivity contribution in [3.63, 3.8) is 0 Å². The first-order chi connectivity index (χ1) is 11.6. The number of halogens is 1. The van der Waals surface area contributed by atoms with Gasteiger partial charge in [0.05, 0.1) is 0 Å². The Morgan fingerprint density at radius 2 is 2.00 bits per heavy atom. The Hall–Kier alpha value is -2.41. The summed E-state index contributed by atoms with van der Waals surface area (Å²) in [5, 5.41) is 4.02. The first kappa shape index (κ1) is 15.1. The third kappa shape index (κ3) is 2.75. The average Bonchev–Trinajstić information content (AvgIpc) is 3.27. The van der Waals surface area contributed by atoms with E-state index in [0.717, 1.165) is 11.3 Å². The smallest absolute Gasteiger partial charge is 0.293 e. The number of amides is 1. The van der Waals surface area contributed by atoms with E-state index in [9.17, 15) is 4.79 Å². The van der Waals surface area contributed by atoms with Gasteiger partial charge in [-0.1, -0.05) is 22.9 Å². The molecule has 1 fully saturated rings. The predicted molar refractivity (Wildman–Crippen MR) is 90.6 cm³/mol. The van der Waals surface area contributed by atoms with Gasteiger partial charge in [0.25, 0.3) is 5.89 Å². The highest BCUT2D eigenvalue weighted by atomic mass is 79.9. The van der Waals surface area contributed by atoms with Crippen molar-refractivity contribution in [2.24, 2.45) is 0 Å². The van der Waals surface area contributed by atoms with Gasteiger partial charge in [-0.3, -0.25) is 4.79 Å². The molecule has 0 aliphatic carbocycles. The number of anilines is 1. The predicted octanol–water partition coefficient (Wildman–Crippen LogP) is 3.92. The van der Waals surface area contributed by atoms with Crippen LogP contribution in [0.1, 0.15) is 23.7 Å². The van der Waals surface area contributed by atoms with Crippen molar-refractivity contribution >= 4 is 27.5 Å². The quantitative estimate of drug-likeness (QED) is 0.680. The maximum Gasteiger partial charge on any atom is 0.293 e. The third-order valence-electron chi connectivity index (χ3n) is 4.06. The summed E-state index contributed by atoms with van der Waals surface area (Å²) in [6.07, 6.45) is 0.370. The van der Waals surface area contributed by atoms with E-state index in [1.807, 2.05) is 31.2 Å². The topological polar surface area (TPSA) is 72.4 Å². The highest BCUT2D eigenvalue weighted by Gasteiger charge is 2.34. The molecule has 122 valence electrons. The van der Waals surface area contributed by atoms with Gasteiger partial charge in [-0.15, -0.1) is 0 Å². The lowest BCUT2D eigenvalue weighted by molar-refractivity contribution is -0.117. The molecule has 3 heterocycles. The molecule has 1 aromatic carbocycles. The molecule has 2 aromatic heterocycles. The molecule has 1 saturated heterocycles. The summed E-state index contributed by atoms with van der Waals surface area (Å²) in [5.74, 6) is 1.32. The average molecular weight is 388 g/mol. The highest BCUT2D eigenvalue weighted by molar-refractivity contribution is 9.10. The minimum Gasteiger partial charge on any atom is -0.444 e. The fraction of sp³-hybridized carbons (Fsp3) is 0.235. The van der Waals surface area contributed by atoms with Crippen molar-refractivity contribution in [2.45, 2.75) is 19.3 Å². The number of aryl methyl sites for hydroxylation is 1. The summed E-state index contributed by atoms with van der Waals surface area (Å²) in [4.78, 5) is 18.5. The molecule has 0 bridgehead atoms. The van der Waals surface area contributed by atoms with Gasteiger partial charge < -0.3 is 13.8 Å². The molecule has 1 aliphatic rings. The second-order valence-electron chi connectivity index (χ2n) is 5.80. The van der Waals surface area contributed by atoms with Gasteiger partial charge in [-0.25, -0.2) is 0 Å². The summed E-state index contributed by atoms with van der Waals surface area (Å²) in [6.45, 7) is 2.56. The van der Waals surface area contributed by atoms with Gasteiger partial charge >= 0.3 is 0 Å². The molecule has 4 rings (SSSR count). The first-order valence-corrected chi connectivity index (χ1v) is 8.36. The molecule has 1 atom stereocenters. The molecular formula is C17H14BrN3O3. The second kappa shape index (κ2) is 5.90. The molecule has 0 spiro atoms. The molecule has 1 aliphatic heterocycles. The molecule has 1 unspecified atom stereocenters. The van der Waals surface area contributed by atoms with E-state index in [-0.39, 0.29) is 11.8 Å². The number of nitrogens with zero attached hydrogens (tertiary/aromatic N) is 3. The number of hydrogen-bond acceptors (Lipinski definition) is 5. The molecule has 0 saturated carbocycles. The highest BCUT2D eigenvalue weighted by Crippen LogP contribution is 2.32. The van der Waals surface area contributed by atoms with Gasteiger partial charge in [0.1, 0.15) is 0 Å². The Kier molecular flexibility index (Phi) is 3.72. The minimum atomic E-state index is -0.0882. The zero-order valence-electron chi connectivity index (χ0n) is 12.9. The van der Waals surface area contributed by atoms with Gasteiger partial charge in [-0.2, -0.15) is 4.98 Å². The monoisotopic (exact) mass is 387 g/mol. The van der Waals surface area contributed by atoms with E-state index in [4.69, 9.17) is 8.94 Å². The van der Waals surface area contributed by atoms with Gasteiger partial charge in [0.15, 0.2) is 16.3 Å². The Morgan fingerprint density at radius 3 is 2.71 bits per heavy atom. The second-order valence-corrected chi connectivity index (χ2v) is 6.58. The Morgan fingerprint density at radius 1 is 1.21 bits per heavy atom. The first-order valence-electron chi connectivity index (χ1n) is 7.56. The van der Waals surface area contributed by atoms with Crippen molar-refractivity contribution in [1.29, 1.82) is 0 Å². The van der Waals surface area contributed by atoms with E-state index in [0.29, 0.717) is 35.1 Å². The summed E-state index contributed by atoms with van der Waals surface area (Å²) in [7, 11) is 0. The van der Waals surface area contributed by atoms with Crippen LogP contribution >= 0.6 is 15.9 Å². The fourth-order valence-electron chi connectivity index (χ4n) is 2.78. The molecule has 1 amide bonds. The molecule has 7 heteroatoms. The summed E-state index contributed by atoms with van der Waals surface area (Å²) < 4.78 is 11.3. The largest absolute Gasteiger partial charge is 0.444 e. The van der Waals surface area contributed by atoms with Crippen LogP contribution in [0.3, 0.4) is 0 Å². The van der Waals surface area contributed by atoms with E-state index in [1.165, 1.54) is 0 Å². The SMILES string of the molecule is Cc1ccc(N2CC(c3noc(-c4ccc(Br)o4)n3)CC2=O)cc1. The van der Waals surface area contributed by atoms with Gasteiger partial charge in [-0.05, 0) is 47.1 Å². The van der Waals surface area contributed by atoms with Crippen LogP contribution in [0, 0.1) is 6.92 Å². The zero-order chi connectivity index (χ0) is 16.7. The van der Waals surface area contributed by atoms with Crippen molar-refractivity contribution in [2.75, 3.05) is 11.4 Å². The lowest BCUT2D eigenvalue weighted by atomic mass is 10.1. The van der Waals surface area contributed by atoms with Gasteiger partial charge in [0, 0.05) is 24.6 Å². The number of rotatable bonds is 3. The molecular weight excluding hydrogens is 374 g/mol. The summed E-state index contributed by atoms with van der Waals surface area (Å²) >= 11 is 3.24. The van der Waals surface area contributed by atoms with Crippen LogP contribution in [-0.4, -0.2) is 22.6 Å². The molecule has 3 aromatic rings. The van der Waals surface area contributed by atoms with Crippen LogP contribution in [0.25, 0.3) is 11.7 Å². The van der Waals surface area contributed by atoms with Crippen LogP contribution < -0.4 is 4.90 Å². The Labute approximate surface area is 146 Å². The van der Waals surface area contributed by atoms with Crippen molar-refractivity contribution in [3.05, 3.63) is 52.5 Å². The maximum absolute atomic E-state index is 12.3. The number of aromatic nitrogens is 2. The number of hydrogen-bond donors (Lipinski definition) is 0. The third-order valence-corrected chi connectivity index (χ3v) is 4.49. The van der Waals surface area contributed by atoms with Crippen LogP contribution in [0.15, 0.2) is 50.0 Å². The molecule has 24 heavy (non-hydrogen) atoms. The number of carbonyl (C=O) groups is 1. The van der Waals surface area contributed by atoms with Crippen LogP contribution in [0.5, 0.6) is 0 Å². The number of carbonyl (C=O) groups excluding carboxylic acids is 1. The van der Waals surface area contributed by atoms with E-state index >= 15 is 0 Å². The fourth-order valence-corrected chi connectivity index (χ4v) is 3.09. The molecule has 0 radical (unpaired) electrons. The van der Waals surface area contributed by atoms with E-state index < -0.39 is 0 Å². The zero-order valence-corrected chi connectivity index (χ0v) is 14.5. The van der Waals surface area contributed by atoms with Crippen LogP contribution in [0.2, 0.25) is 0 Å². The lowest BCUT2D eigenvalue weighted by Crippen LogP contribution is -2.24. The van der Waals surface area contributed by atoms with E-state index in [2.05, 4.69) is 26.1 Å². The number of benzene rings is 1. The van der Waals surface area contributed by atoms with Crippen LogP contribution in [0.4, 0.5) is 5.69 Å². The lowest BCUT2D eigenvalue weighted by Gasteiger charge is -2.16. The summed E-state index contributed by atoms with van der Waals surface area (Å²) in [6, 6.07) is 11.4. The number of furan rings is 1. The van der Waals surface area contributed by atoms with E-state index in [1.54, 1.807) is 17.0 Å². The standard InChI is InChI=1S/C17H14BrN3O3/c1-10-2-4-12(5-3-10)21-9-11(8-15(21)22)16-19-17(24-20-16)13-6-7-14(18)23-13/h2-7,11H,8-9H2,1H3. The van der Waals surface area contributed by atoms with Crippen molar-refractivity contribution in [3.8, 4) is 11.7 Å². The molecule has 6 nitrogen and oxygen atoms in total.